The summed E-state index contributed by atoms with van der Waals surface area (Å²) in [6.45, 7) is 4.11. The van der Waals surface area contributed by atoms with Crippen LogP contribution in [0.25, 0.3) is 10.8 Å². The van der Waals surface area contributed by atoms with Crippen molar-refractivity contribution >= 4 is 16.7 Å². The summed E-state index contributed by atoms with van der Waals surface area (Å²) in [4.78, 5) is 12.3. The number of ether oxygens (including phenoxy) is 1. The van der Waals surface area contributed by atoms with Gasteiger partial charge >= 0.3 is 0 Å². The van der Waals surface area contributed by atoms with Crippen LogP contribution in [0.4, 0.5) is 0 Å². The first-order valence-electron chi connectivity index (χ1n) is 8.73. The molecule has 1 aliphatic rings. The van der Waals surface area contributed by atoms with Crippen LogP contribution in [0.1, 0.15) is 37.8 Å². The minimum atomic E-state index is 0.0192. The number of methoxy groups -OCH3 is 1. The van der Waals surface area contributed by atoms with Gasteiger partial charge in [0, 0.05) is 6.42 Å². The molecule has 0 unspecified atom stereocenters. The van der Waals surface area contributed by atoms with Gasteiger partial charge in [-0.2, -0.15) is 0 Å². The van der Waals surface area contributed by atoms with Crippen molar-refractivity contribution in [3.63, 3.8) is 0 Å². The van der Waals surface area contributed by atoms with Crippen LogP contribution in [0.5, 0.6) is 5.75 Å². The van der Waals surface area contributed by atoms with Gasteiger partial charge in [0.25, 0.3) is 0 Å². The maximum Gasteiger partial charge on any atom is 0.220 e. The maximum atomic E-state index is 12.3. The van der Waals surface area contributed by atoms with Gasteiger partial charge in [0.1, 0.15) is 5.75 Å². The average Bonchev–Trinajstić information content (AvgIpc) is 2.61. The molecule has 0 aliphatic carbocycles. The summed E-state index contributed by atoms with van der Waals surface area (Å²) >= 11 is 0. The van der Waals surface area contributed by atoms with Crippen LogP contribution in [-0.2, 0) is 4.79 Å². The first-order valence-corrected chi connectivity index (χ1v) is 8.73. The Bertz CT molecular complexity index is 708. The normalized spacial score (nSPS) is 16.8. The van der Waals surface area contributed by atoms with Gasteiger partial charge in [0.05, 0.1) is 13.2 Å². The van der Waals surface area contributed by atoms with Crippen LogP contribution in [-0.4, -0.2) is 26.1 Å². The van der Waals surface area contributed by atoms with Crippen LogP contribution in [0.3, 0.4) is 0 Å². The van der Waals surface area contributed by atoms with E-state index in [0.29, 0.717) is 12.3 Å². The Labute approximate surface area is 143 Å². The van der Waals surface area contributed by atoms with Crippen molar-refractivity contribution in [2.75, 3.05) is 20.2 Å². The minimum absolute atomic E-state index is 0.0192. The third kappa shape index (κ3) is 4.06. The predicted molar refractivity (Wildman–Crippen MR) is 97.3 cm³/mol. The van der Waals surface area contributed by atoms with E-state index in [1.54, 1.807) is 7.11 Å². The van der Waals surface area contributed by atoms with E-state index in [2.05, 4.69) is 34.9 Å². The molecule has 2 aromatic carbocycles. The fourth-order valence-electron chi connectivity index (χ4n) is 3.37. The molecule has 24 heavy (non-hydrogen) atoms. The lowest BCUT2D eigenvalue weighted by molar-refractivity contribution is -0.122. The van der Waals surface area contributed by atoms with E-state index in [1.165, 1.54) is 0 Å². The number of fused-ring (bicyclic) bond motifs is 1. The highest BCUT2D eigenvalue weighted by atomic mass is 16.5. The molecule has 3 rings (SSSR count). The highest BCUT2D eigenvalue weighted by Gasteiger charge is 2.18. The molecule has 4 heteroatoms. The Kier molecular flexibility index (Phi) is 5.36. The van der Waals surface area contributed by atoms with Crippen LogP contribution in [0, 0.1) is 5.92 Å². The zero-order valence-corrected chi connectivity index (χ0v) is 14.5. The summed E-state index contributed by atoms with van der Waals surface area (Å²) in [6.07, 6.45) is 2.83. The molecule has 0 aromatic heterocycles. The summed E-state index contributed by atoms with van der Waals surface area (Å²) in [5.41, 5.74) is 1.13. The minimum Gasteiger partial charge on any atom is -0.497 e. The van der Waals surface area contributed by atoms with Crippen molar-refractivity contribution in [3.8, 4) is 5.75 Å². The second-order valence-electron chi connectivity index (χ2n) is 6.66. The number of nitrogens with one attached hydrogen (secondary N) is 2. The number of piperidine rings is 1. The Morgan fingerprint density at radius 1 is 1.21 bits per heavy atom. The number of hydrogen-bond donors (Lipinski definition) is 2. The standard InChI is InChI=1S/C20H26N2O2/c1-14(22-20(23)11-15-7-9-21-10-8-15)16-3-4-18-13-19(24-2)6-5-17(18)12-16/h3-6,12-15,21H,7-11H2,1-2H3,(H,22,23)/t14-/m0/s1. The maximum absolute atomic E-state index is 12.3. The SMILES string of the molecule is COc1ccc2cc([C@H](C)NC(=O)CC3CCNCC3)ccc2c1. The fraction of sp³-hybridized carbons (Fsp3) is 0.450. The molecule has 1 fully saturated rings. The smallest absolute Gasteiger partial charge is 0.220 e. The highest BCUT2D eigenvalue weighted by molar-refractivity contribution is 5.85. The molecular formula is C20H26N2O2. The topological polar surface area (TPSA) is 50.4 Å². The molecule has 2 N–H and O–H groups in total. The van der Waals surface area contributed by atoms with E-state index in [0.717, 1.165) is 48.0 Å². The molecule has 2 aromatic rings. The van der Waals surface area contributed by atoms with Crippen LogP contribution >= 0.6 is 0 Å². The Morgan fingerprint density at radius 3 is 2.67 bits per heavy atom. The lowest BCUT2D eigenvalue weighted by Crippen LogP contribution is -2.33. The third-order valence-corrected chi connectivity index (χ3v) is 4.88. The second-order valence-corrected chi connectivity index (χ2v) is 6.66. The number of amides is 1. The molecule has 128 valence electrons. The fourth-order valence-corrected chi connectivity index (χ4v) is 3.37. The van der Waals surface area contributed by atoms with Gasteiger partial charge in [-0.05, 0) is 73.3 Å². The first-order chi connectivity index (χ1) is 11.7. The monoisotopic (exact) mass is 326 g/mol. The van der Waals surface area contributed by atoms with E-state index in [4.69, 9.17) is 4.74 Å². The Morgan fingerprint density at radius 2 is 1.92 bits per heavy atom. The van der Waals surface area contributed by atoms with Gasteiger partial charge in [-0.3, -0.25) is 4.79 Å². The van der Waals surface area contributed by atoms with Crippen molar-refractivity contribution in [2.45, 2.75) is 32.2 Å². The predicted octanol–water partition coefficient (Wildman–Crippen LogP) is 3.42. The van der Waals surface area contributed by atoms with E-state index in [-0.39, 0.29) is 11.9 Å². The lowest BCUT2D eigenvalue weighted by Gasteiger charge is -2.23. The molecule has 1 saturated heterocycles. The summed E-state index contributed by atoms with van der Waals surface area (Å²) in [7, 11) is 1.68. The molecule has 4 nitrogen and oxygen atoms in total. The van der Waals surface area contributed by atoms with Gasteiger partial charge in [-0.25, -0.2) is 0 Å². The zero-order chi connectivity index (χ0) is 16.9. The third-order valence-electron chi connectivity index (χ3n) is 4.88. The van der Waals surface area contributed by atoms with E-state index in [9.17, 15) is 4.79 Å². The molecule has 1 amide bonds. The van der Waals surface area contributed by atoms with Crippen molar-refractivity contribution in [3.05, 3.63) is 42.0 Å². The zero-order valence-electron chi connectivity index (χ0n) is 14.5. The van der Waals surface area contributed by atoms with Crippen molar-refractivity contribution in [1.29, 1.82) is 0 Å². The van der Waals surface area contributed by atoms with Crippen LogP contribution in [0.2, 0.25) is 0 Å². The second kappa shape index (κ2) is 7.67. The van der Waals surface area contributed by atoms with Gasteiger partial charge < -0.3 is 15.4 Å². The van der Waals surface area contributed by atoms with Gasteiger partial charge in [0.15, 0.2) is 0 Å². The first kappa shape index (κ1) is 16.8. The molecule has 1 heterocycles. The van der Waals surface area contributed by atoms with Gasteiger partial charge in [-0.15, -0.1) is 0 Å². The number of carbonyl (C=O) groups is 1. The Hall–Kier alpha value is -2.07. The summed E-state index contributed by atoms with van der Waals surface area (Å²) < 4.78 is 5.26. The Balaban J connectivity index is 1.64. The number of carbonyl (C=O) groups excluding carboxylic acids is 1. The molecular weight excluding hydrogens is 300 g/mol. The summed E-state index contributed by atoms with van der Waals surface area (Å²) in [5, 5.41) is 8.79. The average molecular weight is 326 g/mol. The van der Waals surface area contributed by atoms with Crippen molar-refractivity contribution in [2.24, 2.45) is 5.92 Å². The number of hydrogen-bond acceptors (Lipinski definition) is 3. The van der Waals surface area contributed by atoms with E-state index >= 15 is 0 Å². The van der Waals surface area contributed by atoms with Crippen molar-refractivity contribution < 1.29 is 9.53 Å². The number of rotatable bonds is 5. The molecule has 1 aliphatic heterocycles. The lowest BCUT2D eigenvalue weighted by atomic mass is 9.94. The van der Waals surface area contributed by atoms with Gasteiger partial charge in [0.2, 0.25) is 5.91 Å². The van der Waals surface area contributed by atoms with E-state index in [1.807, 2.05) is 19.1 Å². The number of benzene rings is 2. The largest absolute Gasteiger partial charge is 0.497 e. The molecule has 0 radical (unpaired) electrons. The van der Waals surface area contributed by atoms with Gasteiger partial charge in [-0.1, -0.05) is 18.2 Å². The molecule has 1 atom stereocenters. The summed E-state index contributed by atoms with van der Waals surface area (Å²) in [5.74, 6) is 1.53. The highest BCUT2D eigenvalue weighted by Crippen LogP contribution is 2.24. The quantitative estimate of drug-likeness (QED) is 0.885. The van der Waals surface area contributed by atoms with Crippen LogP contribution in [0.15, 0.2) is 36.4 Å². The molecule has 0 spiro atoms. The summed E-state index contributed by atoms with van der Waals surface area (Å²) in [6, 6.07) is 12.4. The van der Waals surface area contributed by atoms with Crippen LogP contribution < -0.4 is 15.4 Å². The molecule has 0 saturated carbocycles. The van der Waals surface area contributed by atoms with Crippen molar-refractivity contribution in [1.82, 2.24) is 10.6 Å². The van der Waals surface area contributed by atoms with E-state index < -0.39 is 0 Å². The molecule has 0 bridgehead atoms.